The number of anilines is 2. The smallest absolute Gasteiger partial charge is 0.253 e. The third kappa shape index (κ3) is 4.83. The molecule has 1 aliphatic carbocycles. The number of amides is 2. The highest BCUT2D eigenvalue weighted by Gasteiger charge is 2.24. The van der Waals surface area contributed by atoms with Gasteiger partial charge in [-0.1, -0.05) is 18.2 Å². The lowest BCUT2D eigenvalue weighted by Gasteiger charge is -2.12. The van der Waals surface area contributed by atoms with Crippen LogP contribution in [0.15, 0.2) is 42.5 Å². The first kappa shape index (κ1) is 17.0. The van der Waals surface area contributed by atoms with Crippen LogP contribution in [0.4, 0.5) is 11.4 Å². The summed E-state index contributed by atoms with van der Waals surface area (Å²) in [7, 11) is 0. The van der Waals surface area contributed by atoms with E-state index >= 15 is 0 Å². The van der Waals surface area contributed by atoms with Gasteiger partial charge in [-0.15, -0.1) is 0 Å². The molecule has 5 nitrogen and oxygen atoms in total. The van der Waals surface area contributed by atoms with Crippen molar-refractivity contribution in [3.8, 4) is 0 Å². The molecule has 0 aromatic heterocycles. The van der Waals surface area contributed by atoms with Gasteiger partial charge in [-0.3, -0.25) is 9.59 Å². The summed E-state index contributed by atoms with van der Waals surface area (Å²) in [6.45, 7) is 4.09. The number of para-hydroxylation sites is 1. The second-order valence-electron chi connectivity index (χ2n) is 6.57. The van der Waals surface area contributed by atoms with Crippen LogP contribution in [-0.4, -0.2) is 24.4 Å². The lowest BCUT2D eigenvalue weighted by atomic mass is 10.1. The minimum Gasteiger partial charge on any atom is -0.376 e. The van der Waals surface area contributed by atoms with Crippen molar-refractivity contribution in [2.45, 2.75) is 32.7 Å². The molecule has 5 heteroatoms. The van der Waals surface area contributed by atoms with Crippen LogP contribution in [0.25, 0.3) is 0 Å². The minimum atomic E-state index is -0.151. The number of aryl methyl sites for hydroxylation is 2. The van der Waals surface area contributed by atoms with Gasteiger partial charge >= 0.3 is 0 Å². The second-order valence-corrected chi connectivity index (χ2v) is 6.57. The molecule has 0 heterocycles. The molecular formula is C20H23N3O2. The van der Waals surface area contributed by atoms with E-state index in [4.69, 9.17) is 0 Å². The Balaban J connectivity index is 1.61. The van der Waals surface area contributed by atoms with E-state index in [1.807, 2.05) is 44.2 Å². The van der Waals surface area contributed by atoms with Crippen molar-refractivity contribution in [3.63, 3.8) is 0 Å². The summed E-state index contributed by atoms with van der Waals surface area (Å²) in [6.07, 6.45) is 2.08. The van der Waals surface area contributed by atoms with Gasteiger partial charge in [0.2, 0.25) is 5.91 Å². The van der Waals surface area contributed by atoms with Crippen LogP contribution in [0, 0.1) is 13.8 Å². The first-order valence-corrected chi connectivity index (χ1v) is 8.53. The van der Waals surface area contributed by atoms with Gasteiger partial charge in [0, 0.05) is 17.4 Å². The predicted octanol–water partition coefficient (Wildman–Crippen LogP) is 3.25. The van der Waals surface area contributed by atoms with Crippen LogP contribution < -0.4 is 16.0 Å². The molecule has 0 spiro atoms. The number of nitrogens with one attached hydrogen (secondary N) is 3. The molecule has 0 bridgehead atoms. The first-order chi connectivity index (χ1) is 12.0. The van der Waals surface area contributed by atoms with Crippen LogP contribution in [0.5, 0.6) is 0 Å². The van der Waals surface area contributed by atoms with Crippen LogP contribution >= 0.6 is 0 Å². The molecule has 0 saturated heterocycles. The normalized spacial score (nSPS) is 13.2. The zero-order valence-corrected chi connectivity index (χ0v) is 14.6. The summed E-state index contributed by atoms with van der Waals surface area (Å²) < 4.78 is 0. The van der Waals surface area contributed by atoms with Crippen molar-refractivity contribution in [2.75, 3.05) is 17.2 Å². The molecule has 0 unspecified atom stereocenters. The van der Waals surface area contributed by atoms with E-state index in [2.05, 4.69) is 22.0 Å². The number of hydrogen-bond acceptors (Lipinski definition) is 3. The van der Waals surface area contributed by atoms with Gasteiger partial charge < -0.3 is 16.0 Å². The molecule has 2 aromatic carbocycles. The van der Waals surface area contributed by atoms with Gasteiger partial charge in [-0.05, 0) is 62.1 Å². The molecule has 2 amide bonds. The number of benzene rings is 2. The van der Waals surface area contributed by atoms with Gasteiger partial charge in [-0.25, -0.2) is 0 Å². The van der Waals surface area contributed by atoms with Crippen LogP contribution in [0.3, 0.4) is 0 Å². The van der Waals surface area contributed by atoms with E-state index < -0.39 is 0 Å². The Labute approximate surface area is 147 Å². The maximum atomic E-state index is 12.3. The molecule has 0 radical (unpaired) electrons. The topological polar surface area (TPSA) is 70.2 Å². The van der Waals surface area contributed by atoms with Crippen molar-refractivity contribution in [2.24, 2.45) is 0 Å². The molecule has 25 heavy (non-hydrogen) atoms. The number of rotatable bonds is 6. The standard InChI is InChI=1S/C20H23N3O2/c1-13-9-14(2)11-16(10-13)22-19(24)12-21-18-6-4-3-5-17(18)20(25)23-15-7-8-15/h3-6,9-11,15,21H,7-8,12H2,1-2H3,(H,22,24)(H,23,25). The summed E-state index contributed by atoms with van der Waals surface area (Å²) in [4.78, 5) is 24.5. The third-order valence-electron chi connectivity index (χ3n) is 4.03. The summed E-state index contributed by atoms with van der Waals surface area (Å²) in [5.74, 6) is -0.247. The van der Waals surface area contributed by atoms with Crippen molar-refractivity contribution in [1.82, 2.24) is 5.32 Å². The van der Waals surface area contributed by atoms with Gasteiger partial charge in [0.15, 0.2) is 0 Å². The highest BCUT2D eigenvalue weighted by molar-refractivity contribution is 6.01. The molecule has 3 N–H and O–H groups in total. The Kier molecular flexibility index (Phi) is 5.03. The largest absolute Gasteiger partial charge is 0.376 e. The lowest BCUT2D eigenvalue weighted by molar-refractivity contribution is -0.114. The van der Waals surface area contributed by atoms with Gasteiger partial charge in [0.1, 0.15) is 0 Å². The van der Waals surface area contributed by atoms with Gasteiger partial charge in [0.05, 0.1) is 12.1 Å². The maximum Gasteiger partial charge on any atom is 0.253 e. The molecule has 1 fully saturated rings. The van der Waals surface area contributed by atoms with Crippen LogP contribution in [0.1, 0.15) is 34.3 Å². The minimum absolute atomic E-state index is 0.0969. The highest BCUT2D eigenvalue weighted by atomic mass is 16.2. The van der Waals surface area contributed by atoms with E-state index in [9.17, 15) is 9.59 Å². The van der Waals surface area contributed by atoms with Crippen molar-refractivity contribution < 1.29 is 9.59 Å². The zero-order chi connectivity index (χ0) is 17.8. The lowest BCUT2D eigenvalue weighted by Crippen LogP contribution is -2.27. The maximum absolute atomic E-state index is 12.3. The fraction of sp³-hybridized carbons (Fsp3) is 0.300. The monoisotopic (exact) mass is 337 g/mol. The van der Waals surface area contributed by atoms with Crippen molar-refractivity contribution >= 4 is 23.2 Å². The Morgan fingerprint density at radius 3 is 2.40 bits per heavy atom. The Bertz CT molecular complexity index is 777. The zero-order valence-electron chi connectivity index (χ0n) is 14.6. The Morgan fingerprint density at radius 1 is 1.04 bits per heavy atom. The average Bonchev–Trinajstić information content (AvgIpc) is 3.36. The van der Waals surface area contributed by atoms with Crippen molar-refractivity contribution in [1.29, 1.82) is 0 Å². The fourth-order valence-electron chi connectivity index (χ4n) is 2.75. The molecule has 2 aromatic rings. The Morgan fingerprint density at radius 2 is 1.72 bits per heavy atom. The van der Waals surface area contributed by atoms with Crippen molar-refractivity contribution in [3.05, 3.63) is 59.2 Å². The van der Waals surface area contributed by atoms with E-state index in [1.165, 1.54) is 0 Å². The van der Waals surface area contributed by atoms with E-state index in [-0.39, 0.29) is 18.4 Å². The van der Waals surface area contributed by atoms with Crippen LogP contribution in [-0.2, 0) is 4.79 Å². The third-order valence-corrected chi connectivity index (χ3v) is 4.03. The average molecular weight is 337 g/mol. The quantitative estimate of drug-likeness (QED) is 0.758. The van der Waals surface area contributed by atoms with Gasteiger partial charge in [0.25, 0.3) is 5.91 Å². The molecule has 3 rings (SSSR count). The number of carbonyl (C=O) groups is 2. The van der Waals surface area contributed by atoms with E-state index in [0.717, 1.165) is 29.7 Å². The van der Waals surface area contributed by atoms with Crippen LogP contribution in [0.2, 0.25) is 0 Å². The molecule has 0 atom stereocenters. The molecule has 130 valence electrons. The molecule has 1 saturated carbocycles. The number of hydrogen-bond donors (Lipinski definition) is 3. The fourth-order valence-corrected chi connectivity index (χ4v) is 2.75. The van der Waals surface area contributed by atoms with Gasteiger partial charge in [-0.2, -0.15) is 0 Å². The molecule has 0 aliphatic heterocycles. The first-order valence-electron chi connectivity index (χ1n) is 8.53. The summed E-state index contributed by atoms with van der Waals surface area (Å²) >= 11 is 0. The second kappa shape index (κ2) is 7.38. The number of carbonyl (C=O) groups excluding carboxylic acids is 2. The van der Waals surface area contributed by atoms with E-state index in [1.54, 1.807) is 6.07 Å². The molecule has 1 aliphatic rings. The summed E-state index contributed by atoms with van der Waals surface area (Å²) in [5.41, 5.74) is 4.21. The Hall–Kier alpha value is -2.82. The summed E-state index contributed by atoms with van der Waals surface area (Å²) in [5, 5.41) is 8.92. The van der Waals surface area contributed by atoms with E-state index in [0.29, 0.717) is 17.3 Å². The highest BCUT2D eigenvalue weighted by Crippen LogP contribution is 2.21. The SMILES string of the molecule is Cc1cc(C)cc(NC(=O)CNc2ccccc2C(=O)NC2CC2)c1. The predicted molar refractivity (Wildman–Crippen MR) is 100.0 cm³/mol. The summed E-state index contributed by atoms with van der Waals surface area (Å²) in [6, 6.07) is 13.5. The molecular weight excluding hydrogens is 314 g/mol.